The lowest BCUT2D eigenvalue weighted by Crippen LogP contribution is -2.57. The summed E-state index contributed by atoms with van der Waals surface area (Å²) in [7, 11) is 0. The van der Waals surface area contributed by atoms with Crippen LogP contribution >= 0.6 is 0 Å². The van der Waals surface area contributed by atoms with Gasteiger partial charge in [-0.3, -0.25) is 0 Å². The molecule has 0 spiro atoms. The molecule has 0 aromatic carbocycles. The molecule has 10 nitrogen and oxygen atoms in total. The molecule has 500 valence electrons. The van der Waals surface area contributed by atoms with Gasteiger partial charge in [0.05, 0.1) is 64.3 Å². The zero-order valence-electron chi connectivity index (χ0n) is 34.2. The fourth-order valence-electron chi connectivity index (χ4n) is 3.81. The fraction of sp³-hybridized carbons (Fsp3) is 0.848. The quantitative estimate of drug-likeness (QED) is 0.0467. The average molecular weight is 1130 g/mol. The largest absolute Gasteiger partial charge is 0.495 e. The summed E-state index contributed by atoms with van der Waals surface area (Å²) in [5.74, 6) is 0. The Labute approximate surface area is 496 Å². The van der Waals surface area contributed by atoms with E-state index in [9.17, 15) is 0 Å². The summed E-state index contributed by atoms with van der Waals surface area (Å²) in [5.41, 5.74) is -1.47. The number of hydrogen-bond acceptors (Lipinski definition) is 10. The van der Waals surface area contributed by atoms with Gasteiger partial charge in [0.15, 0.2) is 5.60 Å². The molecule has 0 saturated carbocycles. The normalized spacial score (nSPS) is 10.2. The van der Waals surface area contributed by atoms with Gasteiger partial charge in [-0.1, -0.05) is 220 Å². The molecule has 0 rings (SSSR count). The summed E-state index contributed by atoms with van der Waals surface area (Å²) in [6.45, 7) is 28.8. The summed E-state index contributed by atoms with van der Waals surface area (Å²) in [5, 5.41) is 0. The second kappa shape index (κ2) is 129. The lowest BCUT2D eigenvalue weighted by atomic mass is 9.82. The predicted molar refractivity (Wildman–Crippen MR) is 376 cm³/mol. The molecule has 0 aromatic rings. The molecule has 0 bridgehead atoms. The first-order valence-electron chi connectivity index (χ1n) is 19.0. The van der Waals surface area contributed by atoms with Crippen LogP contribution in [-0.2, 0) is 47.4 Å². The van der Waals surface area contributed by atoms with Crippen LogP contribution in [0.25, 0.3) is 0 Å². The van der Waals surface area contributed by atoms with E-state index >= 15 is 0 Å². The molecule has 10 heteroatoms. The van der Waals surface area contributed by atoms with Crippen LogP contribution in [0.5, 0.6) is 0 Å². The van der Waals surface area contributed by atoms with Gasteiger partial charge in [0.25, 0.3) is 0 Å². The monoisotopic (exact) mass is 1130 g/mol. The van der Waals surface area contributed by atoms with Crippen LogP contribution in [0.15, 0.2) is 61.7 Å². The van der Waals surface area contributed by atoms with Crippen LogP contribution < -0.4 is 0 Å². The van der Waals surface area contributed by atoms with Gasteiger partial charge in [0.2, 0.25) is 0 Å². The van der Waals surface area contributed by atoms with E-state index in [2.05, 4.69) is 34.6 Å². The third kappa shape index (κ3) is 104. The molecule has 0 radical (unpaired) electrons. The number of hydrogen-bond donors (Lipinski definition) is 0. The highest BCUT2D eigenvalue weighted by Gasteiger charge is 2.50. The summed E-state index contributed by atoms with van der Waals surface area (Å²) in [6, 6.07) is 0. The fourth-order valence-corrected chi connectivity index (χ4v) is 3.81. The predicted octanol–water partition coefficient (Wildman–Crippen LogP) is 25.4. The molecule has 0 saturated heterocycles. The standard InChI is InChI=1S/C25H46O6.C16H30O4.25CH4/c1-8-14-26-17-11-20-29-23(4)25(7,31-22-13-19-28-16-10-3)24(5,6)30-21-12-18-27-15-9-2;1-5-9-17-11-7-13-19-15(3)16(4)20-14-8-12-18-10-6-2;;;;;;;;;;;;;;;;;;;;;;;;;/h11-13,20-23H,8-10,14-19H2,1-7H3;7-8,13-16H,5-6,9-12H2,1-4H3;25*1H4. The minimum atomic E-state index is -0.780. The Morgan fingerprint density at radius 3 is 0.711 bits per heavy atom. The van der Waals surface area contributed by atoms with Crippen molar-refractivity contribution in [2.24, 2.45) is 0 Å². The molecule has 0 amide bonds. The van der Waals surface area contributed by atoms with Gasteiger partial charge in [0, 0.05) is 33.0 Å². The smallest absolute Gasteiger partial charge is 0.180 e. The Bertz CT molecular complexity index is 866. The van der Waals surface area contributed by atoms with Crippen molar-refractivity contribution in [2.75, 3.05) is 66.1 Å². The molecule has 0 heterocycles. The summed E-state index contributed by atoms with van der Waals surface area (Å²) in [4.78, 5) is 0. The van der Waals surface area contributed by atoms with Crippen molar-refractivity contribution in [2.45, 2.75) is 323 Å². The van der Waals surface area contributed by atoms with E-state index in [1.54, 1.807) is 31.3 Å². The van der Waals surface area contributed by atoms with Crippen molar-refractivity contribution in [1.82, 2.24) is 0 Å². The first-order valence-corrected chi connectivity index (χ1v) is 19.0. The molecular weight excluding hydrogens is 953 g/mol. The Morgan fingerprint density at radius 2 is 0.487 bits per heavy atom. The van der Waals surface area contributed by atoms with Crippen molar-refractivity contribution >= 4 is 0 Å². The summed E-state index contributed by atoms with van der Waals surface area (Å²) < 4.78 is 56.3. The maximum atomic E-state index is 6.19. The maximum Gasteiger partial charge on any atom is 0.180 e. The van der Waals surface area contributed by atoms with Crippen molar-refractivity contribution in [1.29, 1.82) is 0 Å². The molecule has 4 unspecified atom stereocenters. The van der Waals surface area contributed by atoms with E-state index in [0.29, 0.717) is 33.0 Å². The maximum absolute atomic E-state index is 6.19. The van der Waals surface area contributed by atoms with Crippen LogP contribution in [0.3, 0.4) is 0 Å². The Hall–Kier alpha value is -2.50. The van der Waals surface area contributed by atoms with Crippen molar-refractivity contribution in [3.8, 4) is 0 Å². The Kier molecular flexibility index (Phi) is 304. The van der Waals surface area contributed by atoms with Crippen LogP contribution in [0, 0.1) is 0 Å². The third-order valence-corrected chi connectivity index (χ3v) is 7.47. The molecule has 0 aliphatic heterocycles. The van der Waals surface area contributed by atoms with Crippen molar-refractivity contribution < 1.29 is 47.4 Å². The van der Waals surface area contributed by atoms with Crippen LogP contribution in [0.2, 0.25) is 0 Å². The van der Waals surface area contributed by atoms with Gasteiger partial charge in [0.1, 0.15) is 23.9 Å². The van der Waals surface area contributed by atoms with E-state index in [1.165, 1.54) is 0 Å². The lowest BCUT2D eigenvalue weighted by Gasteiger charge is -2.45. The molecule has 0 aromatic heterocycles. The van der Waals surface area contributed by atoms with Gasteiger partial charge in [-0.25, -0.2) is 0 Å². The lowest BCUT2D eigenvalue weighted by molar-refractivity contribution is -0.181. The number of ether oxygens (including phenoxy) is 10. The van der Waals surface area contributed by atoms with Gasteiger partial charge in [-0.2, -0.15) is 0 Å². The van der Waals surface area contributed by atoms with Gasteiger partial charge in [-0.05, 0) is 104 Å². The molecule has 4 atom stereocenters. The zero-order valence-corrected chi connectivity index (χ0v) is 34.2. The first kappa shape index (κ1) is 179. The number of rotatable bonds is 33. The van der Waals surface area contributed by atoms with Gasteiger partial charge in [-0.15, -0.1) is 0 Å². The Balaban J connectivity index is -0.0000000197. The highest BCUT2D eigenvalue weighted by atomic mass is 16.6. The second-order valence-electron chi connectivity index (χ2n) is 12.5. The molecule has 0 fully saturated rings. The average Bonchev–Trinajstić information content (AvgIpc) is 3.12. The summed E-state index contributed by atoms with van der Waals surface area (Å²) >= 11 is 0. The summed E-state index contributed by atoms with van der Waals surface area (Å²) in [6.07, 6.45) is 22.4. The highest BCUT2D eigenvalue weighted by Crippen LogP contribution is 2.35. The van der Waals surface area contributed by atoms with Crippen LogP contribution in [0.4, 0.5) is 0 Å². The third-order valence-electron chi connectivity index (χ3n) is 7.47. The first-order chi connectivity index (χ1) is 24.6. The minimum Gasteiger partial charge on any atom is -0.495 e. The zero-order chi connectivity index (χ0) is 38.5. The topological polar surface area (TPSA) is 92.3 Å². The van der Waals surface area contributed by atoms with E-state index in [0.717, 1.165) is 65.1 Å². The Morgan fingerprint density at radius 1 is 0.289 bits per heavy atom. The van der Waals surface area contributed by atoms with Crippen LogP contribution in [0.1, 0.15) is 294 Å². The van der Waals surface area contributed by atoms with E-state index in [-0.39, 0.29) is 204 Å². The molecule has 0 aliphatic carbocycles. The molecule has 0 aliphatic rings. The van der Waals surface area contributed by atoms with Crippen molar-refractivity contribution in [3.05, 3.63) is 61.7 Å². The van der Waals surface area contributed by atoms with E-state index < -0.39 is 11.2 Å². The molecule has 76 heavy (non-hydrogen) atoms. The molecular formula is C66H176O10. The van der Waals surface area contributed by atoms with Crippen molar-refractivity contribution in [3.63, 3.8) is 0 Å². The SMILES string of the molecule is C.C.C.C.C.C.C.C.C.C.C.C.C.C.C.C.C.C.C.C.C.C.C.C.C.CCCOCC=COC(C)C(C)(OC=CCOCCC)C(C)(C)OC=CCOCCC.CCCOCC=COC(C)C(C)OC=CCOCCC. The van der Waals surface area contributed by atoms with E-state index in [4.69, 9.17) is 47.4 Å². The van der Waals surface area contributed by atoms with Gasteiger partial charge < -0.3 is 47.4 Å². The molecule has 0 N–H and O–H groups in total. The van der Waals surface area contributed by atoms with Gasteiger partial charge >= 0.3 is 0 Å². The minimum absolute atomic E-state index is 0. The van der Waals surface area contributed by atoms with Crippen LogP contribution in [-0.4, -0.2) is 95.6 Å². The second-order valence-corrected chi connectivity index (χ2v) is 12.5. The van der Waals surface area contributed by atoms with E-state index in [1.807, 2.05) is 71.9 Å². The highest BCUT2D eigenvalue weighted by molar-refractivity contribution is 5.02.